The molecule has 1 aromatic carbocycles. The monoisotopic (exact) mass is 223 g/mol. The van der Waals surface area contributed by atoms with Crippen LogP contribution < -0.4 is 10.1 Å². The number of benzene rings is 1. The van der Waals surface area contributed by atoms with E-state index in [-0.39, 0.29) is 6.79 Å². The first kappa shape index (κ1) is 12.5. The molecule has 0 spiro atoms. The second-order valence-electron chi connectivity index (χ2n) is 3.02. The summed E-state index contributed by atoms with van der Waals surface area (Å²) >= 11 is 0. The van der Waals surface area contributed by atoms with Crippen molar-refractivity contribution in [3.8, 4) is 17.6 Å². The maximum Gasteiger partial charge on any atom is 0.188 e. The summed E-state index contributed by atoms with van der Waals surface area (Å²) in [5, 5.41) is 2.86. The molecule has 16 heavy (non-hydrogen) atoms. The summed E-state index contributed by atoms with van der Waals surface area (Å²) in [6.07, 6.45) is 0. The number of halogens is 1. The first-order valence-corrected chi connectivity index (χ1v) is 4.82. The Morgan fingerprint density at radius 2 is 2.25 bits per heavy atom. The van der Waals surface area contributed by atoms with E-state index in [0.29, 0.717) is 17.9 Å². The van der Waals surface area contributed by atoms with Crippen molar-refractivity contribution in [2.75, 3.05) is 27.5 Å². The number of methoxy groups -OCH3 is 1. The summed E-state index contributed by atoms with van der Waals surface area (Å²) in [7, 11) is 3.29. The minimum atomic E-state index is -0.391. The average molecular weight is 223 g/mol. The van der Waals surface area contributed by atoms with Gasteiger partial charge >= 0.3 is 0 Å². The summed E-state index contributed by atoms with van der Waals surface area (Å²) in [6, 6.07) is 4.54. The molecule has 0 amide bonds. The lowest BCUT2D eigenvalue weighted by Crippen LogP contribution is -2.04. The molecule has 3 nitrogen and oxygen atoms in total. The minimum absolute atomic E-state index is 0.101. The normalized spacial score (nSPS) is 9.44. The van der Waals surface area contributed by atoms with Crippen LogP contribution in [0.1, 0.15) is 5.56 Å². The van der Waals surface area contributed by atoms with Crippen LogP contribution in [0.15, 0.2) is 18.2 Å². The van der Waals surface area contributed by atoms with Crippen LogP contribution >= 0.6 is 0 Å². The van der Waals surface area contributed by atoms with Crippen LogP contribution in [0, 0.1) is 17.7 Å². The lowest BCUT2D eigenvalue weighted by Gasteiger charge is -2.04. The Hall–Kier alpha value is -1.57. The fraction of sp³-hybridized carbons (Fsp3) is 0.333. The molecule has 0 heterocycles. The molecule has 0 aromatic heterocycles. The third kappa shape index (κ3) is 3.89. The molecule has 0 aliphatic carbocycles. The van der Waals surface area contributed by atoms with Crippen molar-refractivity contribution in [3.05, 3.63) is 29.6 Å². The van der Waals surface area contributed by atoms with Gasteiger partial charge in [-0.1, -0.05) is 11.8 Å². The molecule has 0 fully saturated rings. The number of ether oxygens (including phenoxy) is 2. The summed E-state index contributed by atoms with van der Waals surface area (Å²) in [5.41, 5.74) is 0.361. The predicted molar refractivity (Wildman–Crippen MR) is 59.7 cm³/mol. The third-order valence-electron chi connectivity index (χ3n) is 1.77. The molecule has 1 rings (SSSR count). The average Bonchev–Trinajstić information content (AvgIpc) is 2.29. The molecular weight excluding hydrogens is 209 g/mol. The smallest absolute Gasteiger partial charge is 0.188 e. The Morgan fingerprint density at radius 3 is 2.88 bits per heavy atom. The van der Waals surface area contributed by atoms with E-state index in [1.54, 1.807) is 19.2 Å². The lowest BCUT2D eigenvalue weighted by molar-refractivity contribution is 0.0509. The number of nitrogens with one attached hydrogen (secondary N) is 1. The van der Waals surface area contributed by atoms with E-state index in [1.807, 2.05) is 0 Å². The molecule has 0 aliphatic rings. The Bertz CT molecular complexity index is 396. The molecule has 0 aliphatic heterocycles. The zero-order valence-corrected chi connectivity index (χ0v) is 9.34. The number of rotatable bonds is 4. The van der Waals surface area contributed by atoms with Gasteiger partial charge in [-0.3, -0.25) is 0 Å². The number of hydrogen-bond donors (Lipinski definition) is 1. The van der Waals surface area contributed by atoms with Crippen LogP contribution in [0.4, 0.5) is 4.39 Å². The molecule has 4 heteroatoms. The Kier molecular flexibility index (Phi) is 5.34. The van der Waals surface area contributed by atoms with Crippen LogP contribution in [0.5, 0.6) is 5.75 Å². The zero-order chi connectivity index (χ0) is 11.8. The van der Waals surface area contributed by atoms with Gasteiger partial charge < -0.3 is 14.8 Å². The van der Waals surface area contributed by atoms with Crippen LogP contribution in [-0.2, 0) is 4.74 Å². The van der Waals surface area contributed by atoms with Crippen LogP contribution in [0.25, 0.3) is 0 Å². The van der Waals surface area contributed by atoms with Gasteiger partial charge in [0.25, 0.3) is 0 Å². The molecule has 0 atom stereocenters. The van der Waals surface area contributed by atoms with Gasteiger partial charge in [0.15, 0.2) is 6.79 Å². The quantitative estimate of drug-likeness (QED) is 0.618. The molecule has 86 valence electrons. The van der Waals surface area contributed by atoms with Crippen LogP contribution in [0.3, 0.4) is 0 Å². The van der Waals surface area contributed by atoms with Crippen molar-refractivity contribution < 1.29 is 13.9 Å². The summed E-state index contributed by atoms with van der Waals surface area (Å²) in [5.74, 6) is 5.55. The highest BCUT2D eigenvalue weighted by atomic mass is 19.1. The van der Waals surface area contributed by atoms with Gasteiger partial charge in [0, 0.05) is 13.2 Å². The Morgan fingerprint density at radius 1 is 1.44 bits per heavy atom. The third-order valence-corrected chi connectivity index (χ3v) is 1.77. The first-order chi connectivity index (χ1) is 7.77. The van der Waals surface area contributed by atoms with E-state index in [9.17, 15) is 4.39 Å². The molecule has 0 saturated carbocycles. The predicted octanol–water partition coefficient (Wildman–Crippen LogP) is 1.38. The SMILES string of the molecule is CNCC#Cc1ccc(OCOC)cc1F. The van der Waals surface area contributed by atoms with Crippen molar-refractivity contribution in [1.29, 1.82) is 0 Å². The van der Waals surface area contributed by atoms with Gasteiger partial charge in [-0.25, -0.2) is 4.39 Å². The van der Waals surface area contributed by atoms with E-state index >= 15 is 0 Å². The lowest BCUT2D eigenvalue weighted by atomic mass is 10.2. The maximum atomic E-state index is 13.5. The highest BCUT2D eigenvalue weighted by molar-refractivity contribution is 5.39. The van der Waals surface area contributed by atoms with Gasteiger partial charge in [0.2, 0.25) is 0 Å². The molecule has 0 bridgehead atoms. The standard InChI is InChI=1S/C12H14FNO2/c1-14-7-3-4-10-5-6-11(8-12(10)13)16-9-15-2/h5-6,8,14H,7,9H2,1-2H3. The summed E-state index contributed by atoms with van der Waals surface area (Å²) in [4.78, 5) is 0. The van der Waals surface area contributed by atoms with Crippen molar-refractivity contribution in [2.24, 2.45) is 0 Å². The Labute approximate surface area is 94.6 Å². The van der Waals surface area contributed by atoms with E-state index in [4.69, 9.17) is 9.47 Å². The molecule has 0 saturated heterocycles. The second kappa shape index (κ2) is 6.83. The van der Waals surface area contributed by atoms with Gasteiger partial charge in [-0.2, -0.15) is 0 Å². The van der Waals surface area contributed by atoms with E-state index < -0.39 is 5.82 Å². The highest BCUT2D eigenvalue weighted by Gasteiger charge is 2.01. The topological polar surface area (TPSA) is 30.5 Å². The van der Waals surface area contributed by atoms with E-state index in [1.165, 1.54) is 13.2 Å². The van der Waals surface area contributed by atoms with Crippen LogP contribution in [0.2, 0.25) is 0 Å². The molecule has 0 radical (unpaired) electrons. The Balaban J connectivity index is 2.72. The van der Waals surface area contributed by atoms with E-state index in [2.05, 4.69) is 17.2 Å². The minimum Gasteiger partial charge on any atom is -0.467 e. The first-order valence-electron chi connectivity index (χ1n) is 4.82. The fourth-order valence-electron chi connectivity index (χ4n) is 1.04. The van der Waals surface area contributed by atoms with Crippen molar-refractivity contribution in [3.63, 3.8) is 0 Å². The number of hydrogen-bond acceptors (Lipinski definition) is 3. The molecule has 0 unspecified atom stereocenters. The van der Waals surface area contributed by atoms with Gasteiger partial charge in [-0.05, 0) is 19.2 Å². The van der Waals surface area contributed by atoms with Crippen molar-refractivity contribution in [2.45, 2.75) is 0 Å². The second-order valence-corrected chi connectivity index (χ2v) is 3.02. The maximum absolute atomic E-state index is 13.5. The van der Waals surface area contributed by atoms with Gasteiger partial charge in [0.05, 0.1) is 12.1 Å². The van der Waals surface area contributed by atoms with Gasteiger partial charge in [0.1, 0.15) is 11.6 Å². The highest BCUT2D eigenvalue weighted by Crippen LogP contribution is 2.15. The fourth-order valence-corrected chi connectivity index (χ4v) is 1.04. The summed E-state index contributed by atoms with van der Waals surface area (Å²) < 4.78 is 23.3. The molecule has 1 aromatic rings. The molecule has 1 N–H and O–H groups in total. The molecular formula is C12H14FNO2. The van der Waals surface area contributed by atoms with E-state index in [0.717, 1.165) is 0 Å². The summed E-state index contributed by atoms with van der Waals surface area (Å²) in [6.45, 7) is 0.631. The zero-order valence-electron chi connectivity index (χ0n) is 9.34. The van der Waals surface area contributed by atoms with Crippen LogP contribution in [-0.4, -0.2) is 27.5 Å². The van der Waals surface area contributed by atoms with Crippen molar-refractivity contribution >= 4 is 0 Å². The largest absolute Gasteiger partial charge is 0.467 e. The van der Waals surface area contributed by atoms with Crippen molar-refractivity contribution in [1.82, 2.24) is 5.32 Å². The van der Waals surface area contributed by atoms with Gasteiger partial charge in [-0.15, -0.1) is 0 Å².